The van der Waals surface area contributed by atoms with Gasteiger partial charge in [0.25, 0.3) is 0 Å². The average Bonchev–Trinajstić information content (AvgIpc) is 2.72. The van der Waals surface area contributed by atoms with E-state index >= 15 is 0 Å². The third-order valence-electron chi connectivity index (χ3n) is 5.71. The van der Waals surface area contributed by atoms with E-state index in [4.69, 9.17) is 9.97 Å². The lowest BCUT2D eigenvalue weighted by molar-refractivity contribution is 0.551. The van der Waals surface area contributed by atoms with Gasteiger partial charge in [-0.05, 0) is 62.9 Å². The summed E-state index contributed by atoms with van der Waals surface area (Å²) in [6.07, 6.45) is 4.58. The largest absolute Gasteiger partial charge is 0.364 e. The summed E-state index contributed by atoms with van der Waals surface area (Å²) in [6.45, 7) is 5.21. The smallest absolute Gasteiger partial charge is 0.0726 e. The number of para-hydroxylation sites is 2. The molecule has 0 amide bonds. The van der Waals surface area contributed by atoms with Gasteiger partial charge in [0.2, 0.25) is 0 Å². The fourth-order valence-electron chi connectivity index (χ4n) is 4.51. The summed E-state index contributed by atoms with van der Waals surface area (Å²) in [6, 6.07) is 21.8. The zero-order valence-corrected chi connectivity index (χ0v) is 16.4. The van der Waals surface area contributed by atoms with E-state index in [2.05, 4.69) is 85.8 Å². The zero-order chi connectivity index (χ0) is 19.1. The van der Waals surface area contributed by atoms with Crippen LogP contribution in [-0.4, -0.2) is 16.5 Å². The lowest BCUT2D eigenvalue weighted by atomic mass is 9.91. The van der Waals surface area contributed by atoms with Crippen LogP contribution in [0.2, 0.25) is 0 Å². The molecule has 0 aliphatic carbocycles. The molecule has 5 rings (SSSR count). The maximum absolute atomic E-state index is 4.75. The Bertz CT molecular complexity index is 1070. The van der Waals surface area contributed by atoms with Crippen LogP contribution in [-0.2, 0) is 0 Å². The monoisotopic (exact) mass is 366 g/mol. The summed E-state index contributed by atoms with van der Waals surface area (Å²) in [7, 11) is 0. The van der Waals surface area contributed by atoms with E-state index in [0.29, 0.717) is 6.04 Å². The van der Waals surface area contributed by atoms with Gasteiger partial charge >= 0.3 is 0 Å². The molecule has 1 saturated heterocycles. The maximum Gasteiger partial charge on any atom is 0.0726 e. The topological polar surface area (TPSA) is 29.0 Å². The van der Waals surface area contributed by atoms with Crippen LogP contribution in [0.3, 0.4) is 0 Å². The summed E-state index contributed by atoms with van der Waals surface area (Å²) in [5.74, 6) is 0. The molecule has 3 nitrogen and oxygen atoms in total. The van der Waals surface area contributed by atoms with Gasteiger partial charge in [0.15, 0.2) is 0 Å². The number of hydrogen-bond acceptors (Lipinski definition) is 3. The SMILES string of the molecule is Cc1cc(C2C[CH]CCN2c2cc(C)nc3ccccc23)c2ccccc2n1. The first-order valence-electron chi connectivity index (χ1n) is 10.0. The standard InChI is InChI=1S/C25H24N3/c1-17-15-21(19-9-3-5-11-22(19)26-17)24-13-7-8-14-28(24)25-16-18(2)27-23-12-6-4-10-20(23)25/h3-7,9-12,15-16,24H,8,13-14H2,1-2H3. The molecule has 1 fully saturated rings. The number of pyridine rings is 2. The minimum absolute atomic E-state index is 0.311. The molecule has 139 valence electrons. The molecule has 2 aromatic carbocycles. The molecule has 0 spiro atoms. The first-order chi connectivity index (χ1) is 13.7. The van der Waals surface area contributed by atoms with Crippen molar-refractivity contribution in [2.24, 2.45) is 0 Å². The number of piperidine rings is 1. The Kier molecular flexibility index (Phi) is 4.23. The Morgan fingerprint density at radius 3 is 2.25 bits per heavy atom. The Morgan fingerprint density at radius 1 is 0.821 bits per heavy atom. The molecule has 0 bridgehead atoms. The van der Waals surface area contributed by atoms with E-state index in [9.17, 15) is 0 Å². The zero-order valence-electron chi connectivity index (χ0n) is 16.4. The Hall–Kier alpha value is -2.94. The van der Waals surface area contributed by atoms with Gasteiger partial charge in [-0.25, -0.2) is 0 Å². The van der Waals surface area contributed by atoms with E-state index in [1.54, 1.807) is 0 Å². The molecule has 2 aromatic heterocycles. The van der Waals surface area contributed by atoms with Gasteiger partial charge in [-0.1, -0.05) is 36.4 Å². The van der Waals surface area contributed by atoms with Gasteiger partial charge in [0.05, 0.1) is 17.1 Å². The molecular weight excluding hydrogens is 342 g/mol. The van der Waals surface area contributed by atoms with E-state index in [-0.39, 0.29) is 0 Å². The van der Waals surface area contributed by atoms with Crippen molar-refractivity contribution in [2.75, 3.05) is 11.4 Å². The van der Waals surface area contributed by atoms with Crippen molar-refractivity contribution in [1.82, 2.24) is 9.97 Å². The van der Waals surface area contributed by atoms with Gasteiger partial charge in [-0.3, -0.25) is 9.97 Å². The van der Waals surface area contributed by atoms with Crippen molar-refractivity contribution in [1.29, 1.82) is 0 Å². The number of aryl methyl sites for hydroxylation is 2. The lowest BCUT2D eigenvalue weighted by Crippen LogP contribution is -2.34. The van der Waals surface area contributed by atoms with E-state index in [1.807, 2.05) is 0 Å². The second-order valence-electron chi connectivity index (χ2n) is 7.69. The minimum atomic E-state index is 0.311. The van der Waals surface area contributed by atoms with Crippen LogP contribution in [0.15, 0.2) is 60.7 Å². The highest BCUT2D eigenvalue weighted by Gasteiger charge is 2.27. The quantitative estimate of drug-likeness (QED) is 0.439. The first kappa shape index (κ1) is 17.2. The van der Waals surface area contributed by atoms with Crippen LogP contribution in [0.25, 0.3) is 21.8 Å². The molecule has 4 aromatic rings. The van der Waals surface area contributed by atoms with Gasteiger partial charge in [0, 0.05) is 34.4 Å². The molecule has 28 heavy (non-hydrogen) atoms. The van der Waals surface area contributed by atoms with Gasteiger partial charge in [0.1, 0.15) is 0 Å². The van der Waals surface area contributed by atoms with Crippen LogP contribution in [0.1, 0.15) is 35.8 Å². The summed E-state index contributed by atoms with van der Waals surface area (Å²) < 4.78 is 0. The van der Waals surface area contributed by atoms with Gasteiger partial charge in [-0.15, -0.1) is 0 Å². The molecule has 1 aliphatic heterocycles. The third kappa shape index (κ3) is 2.91. The second kappa shape index (κ2) is 6.90. The highest BCUT2D eigenvalue weighted by atomic mass is 15.2. The van der Waals surface area contributed by atoms with Crippen LogP contribution in [0.4, 0.5) is 5.69 Å². The molecule has 3 heteroatoms. The number of anilines is 1. The number of hydrogen-bond donors (Lipinski definition) is 0. The third-order valence-corrected chi connectivity index (χ3v) is 5.71. The van der Waals surface area contributed by atoms with Crippen LogP contribution >= 0.6 is 0 Å². The number of aromatic nitrogens is 2. The number of benzene rings is 2. The van der Waals surface area contributed by atoms with Gasteiger partial charge in [-0.2, -0.15) is 0 Å². The highest BCUT2D eigenvalue weighted by Crippen LogP contribution is 2.40. The van der Waals surface area contributed by atoms with Crippen molar-refractivity contribution >= 4 is 27.5 Å². The van der Waals surface area contributed by atoms with Crippen LogP contribution in [0, 0.1) is 20.3 Å². The molecular formula is C25H24N3. The van der Waals surface area contributed by atoms with Crippen LogP contribution < -0.4 is 4.90 Å². The summed E-state index contributed by atoms with van der Waals surface area (Å²) in [4.78, 5) is 12.1. The van der Waals surface area contributed by atoms with E-state index in [1.165, 1.54) is 22.0 Å². The molecule has 1 atom stereocenters. The average molecular weight is 366 g/mol. The molecule has 1 radical (unpaired) electrons. The number of rotatable bonds is 2. The minimum Gasteiger partial charge on any atom is -0.364 e. The second-order valence-corrected chi connectivity index (χ2v) is 7.69. The predicted octanol–water partition coefficient (Wildman–Crippen LogP) is 5.95. The molecule has 1 unspecified atom stereocenters. The Labute approximate surface area is 166 Å². The molecule has 0 saturated carbocycles. The Balaban J connectivity index is 1.71. The normalized spacial score (nSPS) is 17.4. The van der Waals surface area contributed by atoms with E-state index < -0.39 is 0 Å². The van der Waals surface area contributed by atoms with Crippen LogP contribution in [0.5, 0.6) is 0 Å². The van der Waals surface area contributed by atoms with Crippen molar-refractivity contribution in [2.45, 2.75) is 32.7 Å². The highest BCUT2D eigenvalue weighted by molar-refractivity contribution is 5.93. The molecule has 0 N–H and O–H groups in total. The maximum atomic E-state index is 4.75. The first-order valence-corrected chi connectivity index (χ1v) is 10.0. The predicted molar refractivity (Wildman–Crippen MR) is 117 cm³/mol. The summed E-state index contributed by atoms with van der Waals surface area (Å²) in [5, 5.41) is 2.49. The molecule has 1 aliphatic rings. The number of nitrogens with zero attached hydrogens (tertiary/aromatic N) is 3. The van der Waals surface area contributed by atoms with Crippen molar-refractivity contribution in [3.63, 3.8) is 0 Å². The lowest BCUT2D eigenvalue weighted by Gasteiger charge is -2.39. The van der Waals surface area contributed by atoms with Gasteiger partial charge < -0.3 is 4.90 Å². The molecule has 3 heterocycles. The van der Waals surface area contributed by atoms with Crippen molar-refractivity contribution in [3.8, 4) is 0 Å². The summed E-state index contributed by atoms with van der Waals surface area (Å²) >= 11 is 0. The fraction of sp³-hybridized carbons (Fsp3) is 0.240. The van der Waals surface area contributed by atoms with E-state index in [0.717, 1.165) is 41.8 Å². The number of fused-ring (bicyclic) bond motifs is 2. The Morgan fingerprint density at radius 2 is 1.46 bits per heavy atom. The van der Waals surface area contributed by atoms with Crippen molar-refractivity contribution < 1.29 is 0 Å². The fourth-order valence-corrected chi connectivity index (χ4v) is 4.51. The van der Waals surface area contributed by atoms with Crippen molar-refractivity contribution in [3.05, 3.63) is 84.0 Å². The summed E-state index contributed by atoms with van der Waals surface area (Å²) in [5.41, 5.74) is 6.96.